The second-order valence-corrected chi connectivity index (χ2v) is 11.1. The van der Waals surface area contributed by atoms with Gasteiger partial charge in [0.25, 0.3) is 0 Å². The zero-order valence-corrected chi connectivity index (χ0v) is 25.3. The van der Waals surface area contributed by atoms with Crippen molar-refractivity contribution >= 4 is 19.8 Å². The molecule has 9 nitrogen and oxygen atoms in total. The molecule has 0 fully saturated rings. The first-order chi connectivity index (χ1) is 18.8. The Hall–Kier alpha value is -1.51. The lowest BCUT2D eigenvalue weighted by Gasteiger charge is -2.19. The van der Waals surface area contributed by atoms with Crippen molar-refractivity contribution in [2.45, 2.75) is 123 Å². The van der Waals surface area contributed by atoms with E-state index in [2.05, 4.69) is 38.2 Å². The molecule has 0 aromatic heterocycles. The molecule has 0 aliphatic rings. The highest BCUT2D eigenvalue weighted by molar-refractivity contribution is 7.47. The van der Waals surface area contributed by atoms with E-state index >= 15 is 0 Å². The van der Waals surface area contributed by atoms with Gasteiger partial charge in [0.1, 0.15) is 6.61 Å². The molecule has 0 heterocycles. The molecule has 0 bridgehead atoms. The molecule has 2 atom stereocenters. The predicted molar refractivity (Wildman–Crippen MR) is 155 cm³/mol. The second-order valence-electron chi connectivity index (χ2n) is 9.62. The summed E-state index contributed by atoms with van der Waals surface area (Å²) in [7, 11) is -4.35. The van der Waals surface area contributed by atoms with E-state index in [0.717, 1.165) is 77.0 Å². The highest BCUT2D eigenvalue weighted by Crippen LogP contribution is 2.43. The number of unbranched alkanes of at least 4 members (excludes halogenated alkanes) is 10. The summed E-state index contributed by atoms with van der Waals surface area (Å²) in [5.41, 5.74) is 5.28. The maximum Gasteiger partial charge on any atom is 0.472 e. The van der Waals surface area contributed by atoms with Crippen molar-refractivity contribution in [1.82, 2.24) is 0 Å². The first-order valence-electron chi connectivity index (χ1n) is 14.8. The van der Waals surface area contributed by atoms with Crippen LogP contribution in [0.15, 0.2) is 24.3 Å². The number of nitrogens with two attached hydrogens (primary N) is 1. The second kappa shape index (κ2) is 26.7. The number of carbonyl (C=O) groups is 2. The number of hydrogen-bond donors (Lipinski definition) is 2. The number of rotatable bonds is 27. The first kappa shape index (κ1) is 37.5. The Morgan fingerprint density at radius 2 is 1.38 bits per heavy atom. The topological polar surface area (TPSA) is 134 Å². The van der Waals surface area contributed by atoms with Crippen molar-refractivity contribution in [3.63, 3.8) is 0 Å². The molecule has 10 heteroatoms. The Morgan fingerprint density at radius 1 is 0.769 bits per heavy atom. The standard InChI is InChI=1S/C29H54NO8P/c1-3-5-7-9-10-11-12-13-14-15-16-18-20-22-29(32)38-27(26-37-39(33,34)36-24-23-30)25-35-28(31)21-19-17-8-6-4-2/h7,9,11-12,27H,3-6,8,10,13-26,30H2,1-2H3,(H,33,34)/b9-7-,12-11-. The Bertz CT molecular complexity index is 713. The van der Waals surface area contributed by atoms with E-state index in [1.807, 2.05) is 0 Å². The third-order valence-corrected chi connectivity index (χ3v) is 6.81. The Kier molecular flexibility index (Phi) is 25.7. The molecule has 0 aliphatic heterocycles. The van der Waals surface area contributed by atoms with Crippen molar-refractivity contribution in [1.29, 1.82) is 0 Å². The molecule has 0 aromatic rings. The molecule has 0 spiro atoms. The third kappa shape index (κ3) is 26.5. The van der Waals surface area contributed by atoms with Crippen LogP contribution in [0.3, 0.4) is 0 Å². The van der Waals surface area contributed by atoms with Gasteiger partial charge in [0.15, 0.2) is 6.10 Å². The van der Waals surface area contributed by atoms with Crippen molar-refractivity contribution in [2.24, 2.45) is 5.73 Å². The minimum atomic E-state index is -4.35. The van der Waals surface area contributed by atoms with Gasteiger partial charge in [-0.2, -0.15) is 0 Å². The van der Waals surface area contributed by atoms with Crippen LogP contribution in [-0.2, 0) is 32.7 Å². The van der Waals surface area contributed by atoms with Gasteiger partial charge in [0.05, 0.1) is 13.2 Å². The van der Waals surface area contributed by atoms with E-state index in [-0.39, 0.29) is 32.6 Å². The maximum absolute atomic E-state index is 12.4. The average molecular weight is 576 g/mol. The Morgan fingerprint density at radius 3 is 2.05 bits per heavy atom. The largest absolute Gasteiger partial charge is 0.472 e. The van der Waals surface area contributed by atoms with E-state index in [1.54, 1.807) is 0 Å². The molecule has 39 heavy (non-hydrogen) atoms. The SMILES string of the molecule is CCC/C=C\C/C=C\CCCCCCCC(=O)OC(COC(=O)CCCCCCC)COP(=O)(O)OCCN. The lowest BCUT2D eigenvalue weighted by Crippen LogP contribution is -2.29. The van der Waals surface area contributed by atoms with E-state index in [1.165, 1.54) is 6.42 Å². The summed E-state index contributed by atoms with van der Waals surface area (Å²) < 4.78 is 32.2. The van der Waals surface area contributed by atoms with Crippen molar-refractivity contribution in [3.05, 3.63) is 24.3 Å². The molecular weight excluding hydrogens is 521 g/mol. The van der Waals surface area contributed by atoms with Crippen molar-refractivity contribution < 1.29 is 37.6 Å². The van der Waals surface area contributed by atoms with Crippen LogP contribution in [-0.4, -0.2) is 49.3 Å². The lowest BCUT2D eigenvalue weighted by atomic mass is 10.1. The molecule has 0 rings (SSSR count). The van der Waals surface area contributed by atoms with Gasteiger partial charge < -0.3 is 20.1 Å². The molecule has 0 aliphatic carbocycles. The zero-order valence-electron chi connectivity index (χ0n) is 24.4. The molecule has 0 amide bonds. The first-order valence-corrected chi connectivity index (χ1v) is 16.3. The van der Waals surface area contributed by atoms with Crippen LogP contribution in [0.4, 0.5) is 0 Å². The van der Waals surface area contributed by atoms with Gasteiger partial charge in [-0.25, -0.2) is 4.57 Å². The van der Waals surface area contributed by atoms with E-state index in [4.69, 9.17) is 24.3 Å². The number of ether oxygens (including phenoxy) is 2. The van der Waals surface area contributed by atoms with Gasteiger partial charge in [0, 0.05) is 19.4 Å². The fourth-order valence-corrected chi connectivity index (χ4v) is 4.38. The summed E-state index contributed by atoms with van der Waals surface area (Å²) in [6.07, 6.45) is 22.5. The molecule has 0 aromatic carbocycles. The highest BCUT2D eigenvalue weighted by atomic mass is 31.2. The smallest absolute Gasteiger partial charge is 0.462 e. The third-order valence-electron chi connectivity index (χ3n) is 5.82. The van der Waals surface area contributed by atoms with E-state index in [0.29, 0.717) is 6.42 Å². The number of esters is 2. The highest BCUT2D eigenvalue weighted by Gasteiger charge is 2.25. The molecule has 0 saturated heterocycles. The van der Waals surface area contributed by atoms with Crippen LogP contribution in [0.1, 0.15) is 117 Å². The fraction of sp³-hybridized carbons (Fsp3) is 0.793. The fourth-order valence-electron chi connectivity index (χ4n) is 3.61. The normalized spacial score (nSPS) is 14.1. The van der Waals surface area contributed by atoms with Gasteiger partial charge in [-0.15, -0.1) is 0 Å². The Balaban J connectivity index is 4.32. The van der Waals surface area contributed by atoms with Gasteiger partial charge in [0.2, 0.25) is 0 Å². The lowest BCUT2D eigenvalue weighted by molar-refractivity contribution is -0.161. The summed E-state index contributed by atoms with van der Waals surface area (Å²) in [5.74, 6) is -0.865. The summed E-state index contributed by atoms with van der Waals surface area (Å²) in [6, 6.07) is 0. The number of phosphoric ester groups is 1. The van der Waals surface area contributed by atoms with Gasteiger partial charge >= 0.3 is 19.8 Å². The van der Waals surface area contributed by atoms with Crippen molar-refractivity contribution in [2.75, 3.05) is 26.4 Å². The summed E-state index contributed by atoms with van der Waals surface area (Å²) in [4.78, 5) is 34.1. The number of hydrogen-bond acceptors (Lipinski definition) is 8. The van der Waals surface area contributed by atoms with Gasteiger partial charge in [-0.05, 0) is 38.5 Å². The summed E-state index contributed by atoms with van der Waals surface area (Å²) >= 11 is 0. The zero-order chi connectivity index (χ0) is 29.0. The van der Waals surface area contributed by atoms with Crippen LogP contribution in [0, 0.1) is 0 Å². The summed E-state index contributed by atoms with van der Waals surface area (Å²) in [6.45, 7) is 3.51. The van der Waals surface area contributed by atoms with Gasteiger partial charge in [-0.3, -0.25) is 18.6 Å². The van der Waals surface area contributed by atoms with Crippen molar-refractivity contribution in [3.8, 4) is 0 Å². The van der Waals surface area contributed by atoms with E-state index < -0.39 is 32.5 Å². The van der Waals surface area contributed by atoms with Crippen LogP contribution >= 0.6 is 7.82 Å². The molecule has 3 N–H and O–H groups in total. The number of carbonyl (C=O) groups excluding carboxylic acids is 2. The predicted octanol–water partition coefficient (Wildman–Crippen LogP) is 6.93. The van der Waals surface area contributed by atoms with E-state index in [9.17, 15) is 19.0 Å². The minimum absolute atomic E-state index is 0.0512. The molecular formula is C29H54NO8P. The quantitative estimate of drug-likeness (QED) is 0.0463. The van der Waals surface area contributed by atoms with Crippen LogP contribution in [0.25, 0.3) is 0 Å². The van der Waals surface area contributed by atoms with Crippen LogP contribution < -0.4 is 5.73 Å². The number of allylic oxidation sites excluding steroid dienone is 4. The molecule has 0 saturated carbocycles. The number of phosphoric acid groups is 1. The maximum atomic E-state index is 12.4. The molecule has 2 unspecified atom stereocenters. The van der Waals surface area contributed by atoms with Crippen LogP contribution in [0.5, 0.6) is 0 Å². The minimum Gasteiger partial charge on any atom is -0.462 e. The monoisotopic (exact) mass is 575 g/mol. The Labute approximate surface area is 236 Å². The van der Waals surface area contributed by atoms with Gasteiger partial charge in [-0.1, -0.05) is 89.5 Å². The van der Waals surface area contributed by atoms with Crippen LogP contribution in [0.2, 0.25) is 0 Å². The average Bonchev–Trinajstić information content (AvgIpc) is 2.91. The molecule has 0 radical (unpaired) electrons. The molecule has 228 valence electrons. The summed E-state index contributed by atoms with van der Waals surface area (Å²) in [5, 5.41) is 0.